The van der Waals surface area contributed by atoms with Crippen molar-refractivity contribution in [3.63, 3.8) is 0 Å². The Hall–Kier alpha value is -2.99. The van der Waals surface area contributed by atoms with Crippen LogP contribution in [-0.2, 0) is 0 Å². The number of rotatable bonds is 2. The van der Waals surface area contributed by atoms with Crippen molar-refractivity contribution in [1.29, 1.82) is 0 Å². The highest BCUT2D eigenvalue weighted by molar-refractivity contribution is 5.96. The van der Waals surface area contributed by atoms with Crippen molar-refractivity contribution in [3.05, 3.63) is 54.2 Å². The molecule has 6 heteroatoms. The fourth-order valence-corrected chi connectivity index (χ4v) is 1.99. The van der Waals surface area contributed by atoms with E-state index in [2.05, 4.69) is 9.97 Å². The summed E-state index contributed by atoms with van der Waals surface area (Å²) in [7, 11) is 0. The second-order valence-corrected chi connectivity index (χ2v) is 4.45. The van der Waals surface area contributed by atoms with Gasteiger partial charge in [0, 0.05) is 11.1 Å². The summed E-state index contributed by atoms with van der Waals surface area (Å²) in [4.78, 5) is 20.1. The van der Waals surface area contributed by atoms with E-state index in [4.69, 9.17) is 5.21 Å². The molecule has 1 aromatic heterocycles. The number of aromatic hydroxyl groups is 1. The molecule has 0 saturated heterocycles. The largest absolute Gasteiger partial charge is 0.508 e. The molecule has 3 N–H and O–H groups in total. The molecule has 0 spiro atoms. The van der Waals surface area contributed by atoms with Gasteiger partial charge in [-0.25, -0.2) is 10.5 Å². The summed E-state index contributed by atoms with van der Waals surface area (Å²) in [5, 5.41) is 18.0. The van der Waals surface area contributed by atoms with Crippen LogP contribution >= 0.6 is 0 Å². The molecule has 6 nitrogen and oxygen atoms in total. The van der Waals surface area contributed by atoms with Gasteiger partial charge in [-0.05, 0) is 42.5 Å². The zero-order valence-electron chi connectivity index (χ0n) is 10.8. The summed E-state index contributed by atoms with van der Waals surface area (Å²) >= 11 is 0. The fraction of sp³-hybridized carbons (Fsp3) is 0. The van der Waals surface area contributed by atoms with Gasteiger partial charge in [0.2, 0.25) is 0 Å². The minimum Gasteiger partial charge on any atom is -0.508 e. The first-order valence-corrected chi connectivity index (χ1v) is 6.18. The average Bonchev–Trinajstić information content (AvgIpc) is 2.53. The molecule has 0 fully saturated rings. The van der Waals surface area contributed by atoms with E-state index < -0.39 is 5.91 Å². The number of benzene rings is 2. The van der Waals surface area contributed by atoms with Gasteiger partial charge in [0.15, 0.2) is 0 Å². The van der Waals surface area contributed by atoms with Gasteiger partial charge in [0.25, 0.3) is 5.91 Å². The number of amides is 1. The van der Waals surface area contributed by atoms with E-state index in [9.17, 15) is 9.90 Å². The summed E-state index contributed by atoms with van der Waals surface area (Å²) in [5.41, 5.74) is 4.50. The Balaban J connectivity index is 2.09. The molecule has 0 aliphatic rings. The first kappa shape index (κ1) is 13.0. The third-order valence-corrected chi connectivity index (χ3v) is 3.07. The van der Waals surface area contributed by atoms with Crippen molar-refractivity contribution in [2.24, 2.45) is 0 Å². The van der Waals surface area contributed by atoms with Crippen molar-refractivity contribution in [1.82, 2.24) is 15.4 Å². The van der Waals surface area contributed by atoms with Gasteiger partial charge in [-0.2, -0.15) is 0 Å². The maximum absolute atomic E-state index is 11.4. The van der Waals surface area contributed by atoms with E-state index in [0.717, 1.165) is 5.56 Å². The molecule has 3 rings (SSSR count). The lowest BCUT2D eigenvalue weighted by Crippen LogP contribution is -2.18. The number of aromatic nitrogens is 2. The van der Waals surface area contributed by atoms with Crippen molar-refractivity contribution in [2.45, 2.75) is 0 Å². The van der Waals surface area contributed by atoms with Gasteiger partial charge in [-0.3, -0.25) is 15.0 Å². The summed E-state index contributed by atoms with van der Waals surface area (Å²) in [6.45, 7) is 0. The SMILES string of the molecule is O=C(NO)c1ccc2ncc(-c3ccc(O)cc3)nc2c1. The Morgan fingerprint density at radius 3 is 2.52 bits per heavy atom. The molecule has 0 aliphatic heterocycles. The van der Waals surface area contributed by atoms with E-state index in [-0.39, 0.29) is 5.75 Å². The van der Waals surface area contributed by atoms with Crippen LogP contribution in [0.15, 0.2) is 48.7 Å². The Morgan fingerprint density at radius 1 is 1.05 bits per heavy atom. The first-order chi connectivity index (χ1) is 10.2. The summed E-state index contributed by atoms with van der Waals surface area (Å²) in [6.07, 6.45) is 1.63. The number of phenolic OH excluding ortho intramolecular Hbond substituents is 1. The molecule has 0 aliphatic carbocycles. The Labute approximate surface area is 119 Å². The van der Waals surface area contributed by atoms with Crippen molar-refractivity contribution in [3.8, 4) is 17.0 Å². The predicted octanol–water partition coefficient (Wildman–Crippen LogP) is 2.12. The molecule has 0 atom stereocenters. The molecule has 1 amide bonds. The predicted molar refractivity (Wildman–Crippen MR) is 75.9 cm³/mol. The molecule has 21 heavy (non-hydrogen) atoms. The Kier molecular flexibility index (Phi) is 3.21. The minimum absolute atomic E-state index is 0.175. The molecule has 1 heterocycles. The highest BCUT2D eigenvalue weighted by Gasteiger charge is 2.08. The summed E-state index contributed by atoms with van der Waals surface area (Å²) in [6, 6.07) is 11.4. The highest BCUT2D eigenvalue weighted by atomic mass is 16.5. The van der Waals surface area contributed by atoms with Crippen LogP contribution in [0.5, 0.6) is 5.75 Å². The average molecular weight is 281 g/mol. The van der Waals surface area contributed by atoms with Crippen LogP contribution < -0.4 is 5.48 Å². The van der Waals surface area contributed by atoms with Gasteiger partial charge in [0.1, 0.15) is 5.75 Å². The maximum Gasteiger partial charge on any atom is 0.274 e. The van der Waals surface area contributed by atoms with E-state index >= 15 is 0 Å². The fourth-order valence-electron chi connectivity index (χ4n) is 1.99. The lowest BCUT2D eigenvalue weighted by atomic mass is 10.1. The summed E-state index contributed by atoms with van der Waals surface area (Å²) in [5.74, 6) is -0.428. The van der Waals surface area contributed by atoms with Crippen molar-refractivity contribution in [2.75, 3.05) is 0 Å². The molecule has 0 unspecified atom stereocenters. The highest BCUT2D eigenvalue weighted by Crippen LogP contribution is 2.22. The monoisotopic (exact) mass is 281 g/mol. The number of carbonyl (C=O) groups is 1. The number of phenols is 1. The van der Waals surface area contributed by atoms with Crippen LogP contribution in [-0.4, -0.2) is 26.2 Å². The summed E-state index contributed by atoms with van der Waals surface area (Å²) < 4.78 is 0. The van der Waals surface area contributed by atoms with Crippen LogP contribution in [0, 0.1) is 0 Å². The zero-order chi connectivity index (χ0) is 14.8. The standard InChI is InChI=1S/C15H11N3O3/c19-11-4-1-9(2-5-11)14-8-16-12-6-3-10(15(20)18-21)7-13(12)17-14/h1-8,19,21H,(H,18,20). The number of carbonyl (C=O) groups excluding carboxylic acids is 1. The zero-order valence-corrected chi connectivity index (χ0v) is 10.8. The number of nitrogens with one attached hydrogen (secondary N) is 1. The quantitative estimate of drug-likeness (QED) is 0.494. The molecule has 0 radical (unpaired) electrons. The number of nitrogens with zero attached hydrogens (tertiary/aromatic N) is 2. The van der Waals surface area contributed by atoms with Crippen LogP contribution in [0.2, 0.25) is 0 Å². The van der Waals surface area contributed by atoms with Gasteiger partial charge in [0.05, 0.1) is 22.9 Å². The smallest absolute Gasteiger partial charge is 0.274 e. The van der Waals surface area contributed by atoms with E-state index in [1.807, 2.05) is 0 Å². The molecular weight excluding hydrogens is 270 g/mol. The normalized spacial score (nSPS) is 10.5. The van der Waals surface area contributed by atoms with Crippen LogP contribution in [0.3, 0.4) is 0 Å². The van der Waals surface area contributed by atoms with Gasteiger partial charge in [-0.15, -0.1) is 0 Å². The molecule has 3 aromatic rings. The van der Waals surface area contributed by atoms with Crippen LogP contribution in [0.1, 0.15) is 10.4 Å². The topological polar surface area (TPSA) is 95.3 Å². The van der Waals surface area contributed by atoms with Gasteiger partial charge in [-0.1, -0.05) is 0 Å². The molecule has 104 valence electrons. The maximum atomic E-state index is 11.4. The first-order valence-electron chi connectivity index (χ1n) is 6.18. The van der Waals surface area contributed by atoms with E-state index in [1.54, 1.807) is 54.1 Å². The van der Waals surface area contributed by atoms with Gasteiger partial charge < -0.3 is 5.11 Å². The molecular formula is C15H11N3O3. The Morgan fingerprint density at radius 2 is 1.81 bits per heavy atom. The number of hydroxylamine groups is 1. The third-order valence-electron chi connectivity index (χ3n) is 3.07. The lowest BCUT2D eigenvalue weighted by Gasteiger charge is -2.04. The third kappa shape index (κ3) is 2.52. The molecule has 0 bridgehead atoms. The van der Waals surface area contributed by atoms with Crippen LogP contribution in [0.4, 0.5) is 0 Å². The molecule has 2 aromatic carbocycles. The van der Waals surface area contributed by atoms with Crippen LogP contribution in [0.25, 0.3) is 22.3 Å². The van der Waals surface area contributed by atoms with Gasteiger partial charge >= 0.3 is 0 Å². The Bertz CT molecular complexity index is 816. The number of hydrogen-bond acceptors (Lipinski definition) is 5. The number of fused-ring (bicyclic) bond motifs is 1. The minimum atomic E-state index is -0.603. The van der Waals surface area contributed by atoms with Crippen molar-refractivity contribution < 1.29 is 15.1 Å². The number of hydrogen-bond donors (Lipinski definition) is 3. The van der Waals surface area contributed by atoms with E-state index in [1.165, 1.54) is 0 Å². The molecule has 0 saturated carbocycles. The van der Waals surface area contributed by atoms with Crippen molar-refractivity contribution >= 4 is 16.9 Å². The van der Waals surface area contributed by atoms with E-state index in [0.29, 0.717) is 22.3 Å². The lowest BCUT2D eigenvalue weighted by molar-refractivity contribution is 0.0706. The second-order valence-electron chi connectivity index (χ2n) is 4.45. The second kappa shape index (κ2) is 5.18.